The molecule has 1 N–H and O–H groups in total. The minimum Gasteiger partial charge on any atom is -0.462 e. The molecular formula is C29H34O4. The van der Waals surface area contributed by atoms with Gasteiger partial charge in [0.1, 0.15) is 17.6 Å². The summed E-state index contributed by atoms with van der Waals surface area (Å²) < 4.78 is 11.8. The van der Waals surface area contributed by atoms with Crippen molar-refractivity contribution in [1.29, 1.82) is 0 Å². The lowest BCUT2D eigenvalue weighted by Gasteiger charge is -2.44. The number of benzene rings is 2. The van der Waals surface area contributed by atoms with E-state index in [1.807, 2.05) is 42.5 Å². The molecule has 0 bridgehead atoms. The van der Waals surface area contributed by atoms with Gasteiger partial charge in [-0.2, -0.15) is 0 Å². The molecule has 0 saturated heterocycles. The second kappa shape index (κ2) is 9.96. The Morgan fingerprint density at radius 1 is 1.03 bits per heavy atom. The molecule has 0 spiro atoms. The molecule has 1 aromatic heterocycles. The number of carbonyl (C=O) groups is 1. The number of aliphatic hydroxyl groups is 1. The van der Waals surface area contributed by atoms with E-state index < -0.39 is 12.1 Å². The van der Waals surface area contributed by atoms with Gasteiger partial charge < -0.3 is 14.3 Å². The molecule has 33 heavy (non-hydrogen) atoms. The van der Waals surface area contributed by atoms with Crippen molar-refractivity contribution < 1.29 is 19.1 Å². The Bertz CT molecular complexity index is 1040. The monoisotopic (exact) mass is 446 g/mol. The van der Waals surface area contributed by atoms with Crippen LogP contribution in [0.1, 0.15) is 68.8 Å². The zero-order valence-corrected chi connectivity index (χ0v) is 19.7. The number of rotatable bonds is 7. The summed E-state index contributed by atoms with van der Waals surface area (Å²) in [5, 5.41) is 10.7. The van der Waals surface area contributed by atoms with Gasteiger partial charge in [0.15, 0.2) is 0 Å². The molecule has 2 aromatic carbocycles. The third-order valence-corrected chi connectivity index (χ3v) is 7.16. The van der Waals surface area contributed by atoms with E-state index >= 15 is 0 Å². The molecule has 0 amide bonds. The number of carbonyl (C=O) groups excluding carboxylic acids is 1. The molecule has 4 nitrogen and oxygen atoms in total. The highest BCUT2D eigenvalue weighted by Gasteiger charge is 2.42. The van der Waals surface area contributed by atoms with Crippen LogP contribution in [0.4, 0.5) is 0 Å². The first-order chi connectivity index (χ1) is 15.8. The van der Waals surface area contributed by atoms with Crippen molar-refractivity contribution in [3.05, 3.63) is 95.4 Å². The number of furan rings is 1. The van der Waals surface area contributed by atoms with Crippen molar-refractivity contribution in [2.45, 2.75) is 64.1 Å². The summed E-state index contributed by atoms with van der Waals surface area (Å²) in [7, 11) is 0. The van der Waals surface area contributed by atoms with E-state index in [0.717, 1.165) is 24.8 Å². The fraction of sp³-hybridized carbons (Fsp3) is 0.414. The van der Waals surface area contributed by atoms with E-state index in [4.69, 9.17) is 9.15 Å². The van der Waals surface area contributed by atoms with Crippen LogP contribution in [-0.4, -0.2) is 17.2 Å². The highest BCUT2D eigenvalue weighted by Crippen LogP contribution is 2.44. The van der Waals surface area contributed by atoms with Gasteiger partial charge in [0.05, 0.1) is 0 Å². The van der Waals surface area contributed by atoms with Crippen molar-refractivity contribution in [2.75, 3.05) is 0 Å². The van der Waals surface area contributed by atoms with E-state index in [2.05, 4.69) is 45.0 Å². The van der Waals surface area contributed by atoms with Crippen molar-refractivity contribution in [1.82, 2.24) is 0 Å². The largest absolute Gasteiger partial charge is 0.462 e. The van der Waals surface area contributed by atoms with Crippen LogP contribution in [0.2, 0.25) is 0 Å². The molecule has 1 fully saturated rings. The molecule has 1 aliphatic rings. The summed E-state index contributed by atoms with van der Waals surface area (Å²) in [6, 6.07) is 23.8. The Hall–Kier alpha value is -2.85. The van der Waals surface area contributed by atoms with E-state index in [-0.39, 0.29) is 23.2 Å². The lowest BCUT2D eigenvalue weighted by atomic mass is 9.64. The normalized spacial score (nSPS) is 22.0. The van der Waals surface area contributed by atoms with Gasteiger partial charge in [-0.15, -0.1) is 0 Å². The van der Waals surface area contributed by atoms with Gasteiger partial charge in [0.25, 0.3) is 0 Å². The van der Waals surface area contributed by atoms with Crippen molar-refractivity contribution in [2.24, 2.45) is 11.8 Å². The zero-order valence-electron chi connectivity index (χ0n) is 19.7. The van der Waals surface area contributed by atoms with Gasteiger partial charge in [0, 0.05) is 12.3 Å². The summed E-state index contributed by atoms with van der Waals surface area (Å²) >= 11 is 0. The lowest BCUT2D eigenvalue weighted by Crippen LogP contribution is -2.44. The summed E-state index contributed by atoms with van der Waals surface area (Å²) in [4.78, 5) is 13.0. The smallest absolute Gasteiger partial charge is 0.343 e. The maximum Gasteiger partial charge on any atom is 0.343 e. The summed E-state index contributed by atoms with van der Waals surface area (Å²) in [6.45, 7) is 6.65. The van der Waals surface area contributed by atoms with Crippen LogP contribution in [0.5, 0.6) is 0 Å². The Balaban J connectivity index is 1.46. The molecular weight excluding hydrogens is 412 g/mol. The standard InChI is InChI=1S/C29H34O4/c1-20-14-16-24(29(2,3)22-12-8-5-9-13-22)26(18-20)33-28(31)27(30)25-17-15-23(32-25)19-21-10-6-4-7-11-21/h4-13,15,17,20,24,26-27,30H,14,16,18-19H2,1-3H3/t20-,24-,26-,27+/m1/s1. The Kier molecular flexibility index (Phi) is 7.04. The van der Waals surface area contributed by atoms with Gasteiger partial charge >= 0.3 is 5.97 Å². The van der Waals surface area contributed by atoms with Crippen LogP contribution >= 0.6 is 0 Å². The highest BCUT2D eigenvalue weighted by atomic mass is 16.6. The predicted octanol–water partition coefficient (Wildman–Crippen LogP) is 6.23. The maximum atomic E-state index is 13.0. The minimum absolute atomic E-state index is 0.148. The second-order valence-electron chi connectivity index (χ2n) is 9.96. The van der Waals surface area contributed by atoms with Crippen LogP contribution in [0.25, 0.3) is 0 Å². The highest BCUT2D eigenvalue weighted by molar-refractivity contribution is 5.75. The van der Waals surface area contributed by atoms with Crippen LogP contribution < -0.4 is 0 Å². The number of esters is 1. The minimum atomic E-state index is -1.42. The first kappa shape index (κ1) is 23.3. The maximum absolute atomic E-state index is 13.0. The third-order valence-electron chi connectivity index (χ3n) is 7.16. The lowest BCUT2D eigenvalue weighted by molar-refractivity contribution is -0.167. The third kappa shape index (κ3) is 5.39. The van der Waals surface area contributed by atoms with Crippen LogP contribution in [-0.2, 0) is 21.4 Å². The quantitative estimate of drug-likeness (QED) is 0.437. The fourth-order valence-electron chi connectivity index (χ4n) is 5.13. The van der Waals surface area contributed by atoms with Crippen molar-refractivity contribution in [3.63, 3.8) is 0 Å². The number of aliphatic hydroxyl groups excluding tert-OH is 1. The molecule has 174 valence electrons. The van der Waals surface area contributed by atoms with Gasteiger partial charge in [0.2, 0.25) is 6.10 Å². The first-order valence-electron chi connectivity index (χ1n) is 11.9. The van der Waals surface area contributed by atoms with E-state index in [0.29, 0.717) is 18.1 Å². The van der Waals surface area contributed by atoms with Crippen LogP contribution in [0, 0.1) is 11.8 Å². The molecule has 3 aromatic rings. The van der Waals surface area contributed by atoms with Gasteiger partial charge in [-0.05, 0) is 47.4 Å². The zero-order chi connectivity index (χ0) is 23.4. The van der Waals surface area contributed by atoms with Gasteiger partial charge in [-0.1, -0.05) is 87.9 Å². The Morgan fingerprint density at radius 2 is 1.70 bits per heavy atom. The van der Waals surface area contributed by atoms with E-state index in [1.54, 1.807) is 6.07 Å². The number of hydrogen-bond acceptors (Lipinski definition) is 4. The van der Waals surface area contributed by atoms with Crippen LogP contribution in [0.15, 0.2) is 77.2 Å². The summed E-state index contributed by atoms with van der Waals surface area (Å²) in [5.41, 5.74) is 2.20. The summed E-state index contributed by atoms with van der Waals surface area (Å²) in [5.74, 6) is 0.955. The molecule has 1 heterocycles. The fourth-order valence-corrected chi connectivity index (χ4v) is 5.13. The summed E-state index contributed by atoms with van der Waals surface area (Å²) in [6.07, 6.45) is 1.84. The van der Waals surface area contributed by atoms with Crippen molar-refractivity contribution in [3.8, 4) is 0 Å². The average Bonchev–Trinajstić information content (AvgIpc) is 3.28. The second-order valence-corrected chi connectivity index (χ2v) is 9.96. The number of hydrogen-bond donors (Lipinski definition) is 1. The molecule has 1 saturated carbocycles. The van der Waals surface area contributed by atoms with Crippen molar-refractivity contribution >= 4 is 5.97 Å². The molecule has 0 unspecified atom stereocenters. The predicted molar refractivity (Wildman–Crippen MR) is 129 cm³/mol. The van der Waals surface area contributed by atoms with Gasteiger partial charge in [-0.3, -0.25) is 0 Å². The molecule has 4 rings (SSSR count). The average molecular weight is 447 g/mol. The number of ether oxygens (including phenoxy) is 1. The van der Waals surface area contributed by atoms with Crippen LogP contribution in [0.3, 0.4) is 0 Å². The molecule has 1 aliphatic carbocycles. The van der Waals surface area contributed by atoms with E-state index in [9.17, 15) is 9.90 Å². The first-order valence-corrected chi connectivity index (χ1v) is 11.9. The molecule has 4 heteroatoms. The molecule has 0 aliphatic heterocycles. The Labute approximate surface area is 196 Å². The molecule has 4 atom stereocenters. The SMILES string of the molecule is C[C@@H]1CC[C@@H](C(C)(C)c2ccccc2)[C@H](OC(=O)[C@@H](O)c2ccc(Cc3ccccc3)o2)C1. The molecule has 0 radical (unpaired) electrons. The topological polar surface area (TPSA) is 59.7 Å². The van der Waals surface area contributed by atoms with E-state index in [1.165, 1.54) is 5.56 Å². The Morgan fingerprint density at radius 3 is 2.39 bits per heavy atom. The van der Waals surface area contributed by atoms with Gasteiger partial charge in [-0.25, -0.2) is 4.79 Å².